The molecule has 0 aliphatic rings. The highest BCUT2D eigenvalue weighted by Crippen LogP contribution is 2.21. The van der Waals surface area contributed by atoms with Gasteiger partial charge in [-0.05, 0) is 31.0 Å². The van der Waals surface area contributed by atoms with Gasteiger partial charge >= 0.3 is 5.97 Å². The van der Waals surface area contributed by atoms with Crippen LogP contribution in [0.5, 0.6) is 0 Å². The van der Waals surface area contributed by atoms with Crippen molar-refractivity contribution in [2.24, 2.45) is 5.92 Å². The van der Waals surface area contributed by atoms with Crippen molar-refractivity contribution >= 4 is 27.6 Å². The van der Waals surface area contributed by atoms with Crippen molar-refractivity contribution in [2.45, 2.75) is 26.8 Å². The molecule has 0 radical (unpaired) electrons. The van der Waals surface area contributed by atoms with Gasteiger partial charge in [-0.1, -0.05) is 29.8 Å². The molecule has 2 N–H and O–H groups in total. The Hall–Kier alpha value is -1.07. The van der Waals surface area contributed by atoms with Gasteiger partial charge in [0.25, 0.3) is 0 Å². The van der Waals surface area contributed by atoms with Crippen LogP contribution in [0.15, 0.2) is 22.7 Å². The molecule has 0 aromatic heterocycles. The van der Waals surface area contributed by atoms with E-state index < -0.39 is 5.97 Å². The topological polar surface area (TPSA) is 58.6 Å². The van der Waals surface area contributed by atoms with Gasteiger partial charge in [0.2, 0.25) is 0 Å². The molecular formula is C14H20BrNO3. The third-order valence-electron chi connectivity index (χ3n) is 2.80. The van der Waals surface area contributed by atoms with Crippen molar-refractivity contribution in [3.05, 3.63) is 28.2 Å². The molecule has 1 aromatic rings. The third kappa shape index (κ3) is 5.20. The minimum atomic E-state index is -0.935. The number of hydrogen-bond acceptors (Lipinski definition) is 3. The molecule has 5 heteroatoms. The van der Waals surface area contributed by atoms with Gasteiger partial charge in [0.15, 0.2) is 0 Å². The van der Waals surface area contributed by atoms with Gasteiger partial charge in [-0.3, -0.25) is 0 Å². The summed E-state index contributed by atoms with van der Waals surface area (Å²) in [4.78, 5) is 11.0. The SMILES string of the molecule is CCOCC(Nc1cc(Br)cc(C(=O)O)c1)C(C)C. The van der Waals surface area contributed by atoms with Gasteiger partial charge in [-0.25, -0.2) is 4.79 Å². The largest absolute Gasteiger partial charge is 0.478 e. The number of halogens is 1. The Labute approximate surface area is 122 Å². The molecule has 0 fully saturated rings. The van der Waals surface area contributed by atoms with Crippen LogP contribution < -0.4 is 5.32 Å². The normalized spacial score (nSPS) is 12.5. The van der Waals surface area contributed by atoms with E-state index in [1.54, 1.807) is 12.1 Å². The smallest absolute Gasteiger partial charge is 0.335 e. The standard InChI is InChI=1S/C14H20BrNO3/c1-4-19-8-13(9(2)3)16-12-6-10(14(17)18)5-11(15)7-12/h5-7,9,13,16H,4,8H2,1-3H3,(H,17,18). The van der Waals surface area contributed by atoms with Crippen molar-refractivity contribution in [1.82, 2.24) is 0 Å². The fraction of sp³-hybridized carbons (Fsp3) is 0.500. The summed E-state index contributed by atoms with van der Waals surface area (Å²) in [5.74, 6) is -0.547. The number of benzene rings is 1. The Morgan fingerprint density at radius 1 is 1.42 bits per heavy atom. The van der Waals surface area contributed by atoms with Gasteiger partial charge < -0.3 is 15.2 Å². The summed E-state index contributed by atoms with van der Waals surface area (Å²) in [5.41, 5.74) is 1.04. The van der Waals surface area contributed by atoms with E-state index in [9.17, 15) is 4.79 Å². The van der Waals surface area contributed by atoms with E-state index in [-0.39, 0.29) is 11.6 Å². The molecule has 19 heavy (non-hydrogen) atoms. The van der Waals surface area contributed by atoms with Gasteiger partial charge in [0, 0.05) is 16.8 Å². The molecule has 1 rings (SSSR count). The number of rotatable bonds is 7. The lowest BCUT2D eigenvalue weighted by molar-refractivity contribution is 0.0697. The first-order chi connectivity index (χ1) is 8.93. The first kappa shape index (κ1) is 16.0. The highest BCUT2D eigenvalue weighted by molar-refractivity contribution is 9.10. The first-order valence-electron chi connectivity index (χ1n) is 6.32. The molecule has 1 unspecified atom stereocenters. The number of anilines is 1. The Morgan fingerprint density at radius 2 is 2.11 bits per heavy atom. The maximum Gasteiger partial charge on any atom is 0.335 e. The lowest BCUT2D eigenvalue weighted by Crippen LogP contribution is -2.31. The predicted octanol–water partition coefficient (Wildman–Crippen LogP) is 3.62. The molecule has 1 aromatic carbocycles. The van der Waals surface area contributed by atoms with Crippen LogP contribution in [0, 0.1) is 5.92 Å². The van der Waals surface area contributed by atoms with Gasteiger partial charge in [-0.15, -0.1) is 0 Å². The number of hydrogen-bond donors (Lipinski definition) is 2. The monoisotopic (exact) mass is 329 g/mol. The van der Waals surface area contributed by atoms with Crippen molar-refractivity contribution in [2.75, 3.05) is 18.5 Å². The van der Waals surface area contributed by atoms with Gasteiger partial charge in [0.05, 0.1) is 18.2 Å². The maximum atomic E-state index is 11.0. The maximum absolute atomic E-state index is 11.0. The second kappa shape index (κ2) is 7.50. The van der Waals surface area contributed by atoms with E-state index in [2.05, 4.69) is 35.1 Å². The third-order valence-corrected chi connectivity index (χ3v) is 3.26. The summed E-state index contributed by atoms with van der Waals surface area (Å²) in [5, 5.41) is 12.4. The Balaban J connectivity index is 2.86. The average molecular weight is 330 g/mol. The van der Waals surface area contributed by atoms with Crippen molar-refractivity contribution < 1.29 is 14.6 Å². The van der Waals surface area contributed by atoms with Crippen LogP contribution >= 0.6 is 15.9 Å². The summed E-state index contributed by atoms with van der Waals surface area (Å²) >= 11 is 3.33. The van der Waals surface area contributed by atoms with Crippen LogP contribution in [0.4, 0.5) is 5.69 Å². The molecule has 0 amide bonds. The molecule has 1 atom stereocenters. The van der Waals surface area contributed by atoms with Crippen LogP contribution in [0.1, 0.15) is 31.1 Å². The van der Waals surface area contributed by atoms with E-state index >= 15 is 0 Å². The Kier molecular flexibility index (Phi) is 6.31. The summed E-state index contributed by atoms with van der Waals surface area (Å²) in [6.07, 6.45) is 0. The molecule has 0 bridgehead atoms. The highest BCUT2D eigenvalue weighted by atomic mass is 79.9. The quantitative estimate of drug-likeness (QED) is 0.802. The van der Waals surface area contributed by atoms with Crippen molar-refractivity contribution in [3.8, 4) is 0 Å². The first-order valence-corrected chi connectivity index (χ1v) is 7.11. The zero-order valence-corrected chi connectivity index (χ0v) is 13.0. The van der Waals surface area contributed by atoms with E-state index in [1.807, 2.05) is 13.0 Å². The van der Waals surface area contributed by atoms with Gasteiger partial charge in [-0.2, -0.15) is 0 Å². The van der Waals surface area contributed by atoms with E-state index in [0.29, 0.717) is 19.1 Å². The zero-order chi connectivity index (χ0) is 14.4. The Morgan fingerprint density at radius 3 is 2.63 bits per heavy atom. The summed E-state index contributed by atoms with van der Waals surface area (Å²) < 4.78 is 6.19. The molecule has 0 spiro atoms. The zero-order valence-electron chi connectivity index (χ0n) is 11.4. The lowest BCUT2D eigenvalue weighted by atomic mass is 10.0. The number of aromatic carboxylic acids is 1. The highest BCUT2D eigenvalue weighted by Gasteiger charge is 2.14. The minimum absolute atomic E-state index is 0.149. The van der Waals surface area contributed by atoms with Gasteiger partial charge in [0.1, 0.15) is 0 Å². The molecular weight excluding hydrogens is 310 g/mol. The molecule has 0 saturated carbocycles. The van der Waals surface area contributed by atoms with Crippen molar-refractivity contribution in [1.29, 1.82) is 0 Å². The van der Waals surface area contributed by atoms with E-state index in [4.69, 9.17) is 9.84 Å². The average Bonchev–Trinajstić information content (AvgIpc) is 2.33. The minimum Gasteiger partial charge on any atom is -0.478 e. The number of ether oxygens (including phenoxy) is 1. The summed E-state index contributed by atoms with van der Waals surface area (Å²) in [6.45, 7) is 7.44. The Bertz CT molecular complexity index is 435. The molecule has 0 saturated heterocycles. The molecule has 0 aliphatic carbocycles. The summed E-state index contributed by atoms with van der Waals surface area (Å²) in [6, 6.07) is 5.23. The number of nitrogens with one attached hydrogen (secondary N) is 1. The lowest BCUT2D eigenvalue weighted by Gasteiger charge is -2.23. The molecule has 4 nitrogen and oxygen atoms in total. The molecule has 0 heterocycles. The molecule has 106 valence electrons. The second-order valence-electron chi connectivity index (χ2n) is 4.69. The summed E-state index contributed by atoms with van der Waals surface area (Å²) in [7, 11) is 0. The van der Waals surface area contributed by atoms with E-state index in [1.165, 1.54) is 0 Å². The predicted molar refractivity (Wildman–Crippen MR) is 79.8 cm³/mol. The van der Waals surface area contributed by atoms with Crippen molar-refractivity contribution in [3.63, 3.8) is 0 Å². The second-order valence-corrected chi connectivity index (χ2v) is 5.60. The van der Waals surface area contributed by atoms with Crippen LogP contribution in [0.2, 0.25) is 0 Å². The number of carboxylic acid groups (broad SMARTS) is 1. The number of carbonyl (C=O) groups is 1. The molecule has 0 aliphatic heterocycles. The fourth-order valence-electron chi connectivity index (χ4n) is 1.66. The van der Waals surface area contributed by atoms with Crippen LogP contribution in [0.25, 0.3) is 0 Å². The van der Waals surface area contributed by atoms with Crippen LogP contribution in [0.3, 0.4) is 0 Å². The van der Waals surface area contributed by atoms with Crippen LogP contribution in [-0.4, -0.2) is 30.3 Å². The van der Waals surface area contributed by atoms with E-state index in [0.717, 1.165) is 10.2 Å². The van der Waals surface area contributed by atoms with Crippen LogP contribution in [-0.2, 0) is 4.74 Å². The fourth-order valence-corrected chi connectivity index (χ4v) is 2.15. The number of carboxylic acids is 1.